The quantitative estimate of drug-likeness (QED) is 0.843. The van der Waals surface area contributed by atoms with E-state index in [1.807, 2.05) is 0 Å². The lowest BCUT2D eigenvalue weighted by Gasteiger charge is -1.97. The molecular formula is C7H4ClNO4S. The highest BCUT2D eigenvalue weighted by molar-refractivity contribution is 7.61. The van der Waals surface area contributed by atoms with Crippen molar-refractivity contribution >= 4 is 33.8 Å². The predicted molar refractivity (Wildman–Crippen MR) is 49.4 cm³/mol. The summed E-state index contributed by atoms with van der Waals surface area (Å²) in [4.78, 5) is 10.5. The zero-order chi connectivity index (χ0) is 10.7. The first kappa shape index (κ1) is 10.7. The molecule has 0 heterocycles. The Hall–Kier alpha value is -1.40. The molecule has 14 heavy (non-hydrogen) atoms. The van der Waals surface area contributed by atoms with Crippen LogP contribution < -0.4 is 0 Å². The van der Waals surface area contributed by atoms with Gasteiger partial charge in [0.15, 0.2) is 0 Å². The second-order valence-electron chi connectivity index (χ2n) is 2.28. The van der Waals surface area contributed by atoms with E-state index in [0.29, 0.717) is 0 Å². The van der Waals surface area contributed by atoms with Crippen LogP contribution in [0.25, 0.3) is 0 Å². The van der Waals surface area contributed by atoms with Gasteiger partial charge in [0, 0.05) is 0 Å². The van der Waals surface area contributed by atoms with E-state index >= 15 is 0 Å². The number of nitrogens with zero attached hydrogens (tertiary/aromatic N) is 1. The number of rotatable bonds is 2. The molecule has 1 N–H and O–H groups in total. The van der Waals surface area contributed by atoms with Gasteiger partial charge in [-0.05, 0) is 18.2 Å². The fraction of sp³-hybridized carbons (Fsp3) is 0. The lowest BCUT2D eigenvalue weighted by Crippen LogP contribution is -1.94. The van der Waals surface area contributed by atoms with Crippen molar-refractivity contribution < 1.29 is 18.3 Å². The highest BCUT2D eigenvalue weighted by atomic mass is 35.5. The molecule has 0 amide bonds. The molecule has 0 fully saturated rings. The molecule has 0 bridgehead atoms. The summed E-state index contributed by atoms with van der Waals surface area (Å²) in [5.41, 5.74) is -0.154. The monoisotopic (exact) mass is 233 g/mol. The lowest BCUT2D eigenvalue weighted by molar-refractivity contribution is 0.0697. The molecule has 0 spiro atoms. The third-order valence-electron chi connectivity index (χ3n) is 1.37. The first-order valence-corrected chi connectivity index (χ1v) is 4.75. The molecule has 0 saturated carbocycles. The third kappa shape index (κ3) is 2.54. The normalized spacial score (nSPS) is 9.50. The van der Waals surface area contributed by atoms with E-state index in [-0.39, 0.29) is 16.3 Å². The van der Waals surface area contributed by atoms with Crippen molar-refractivity contribution in [1.82, 2.24) is 0 Å². The number of halogens is 1. The summed E-state index contributed by atoms with van der Waals surface area (Å²) in [5.74, 6) is -1.17. The van der Waals surface area contributed by atoms with Crippen LogP contribution in [-0.4, -0.2) is 19.5 Å². The van der Waals surface area contributed by atoms with Gasteiger partial charge in [-0.2, -0.15) is 8.42 Å². The Morgan fingerprint density at radius 3 is 2.57 bits per heavy atom. The Balaban J connectivity index is 3.36. The summed E-state index contributed by atoms with van der Waals surface area (Å²) in [6, 6.07) is 3.62. The van der Waals surface area contributed by atoms with Gasteiger partial charge in [0.05, 0.1) is 10.6 Å². The van der Waals surface area contributed by atoms with E-state index < -0.39 is 16.5 Å². The molecule has 0 atom stereocenters. The minimum absolute atomic E-state index is 0.0707. The van der Waals surface area contributed by atoms with Crippen LogP contribution in [0.5, 0.6) is 0 Å². The van der Waals surface area contributed by atoms with Crippen LogP contribution >= 0.6 is 11.6 Å². The lowest BCUT2D eigenvalue weighted by atomic mass is 10.2. The van der Waals surface area contributed by atoms with E-state index in [0.717, 1.165) is 6.07 Å². The molecule has 0 aromatic heterocycles. The molecule has 1 aromatic carbocycles. The number of aromatic carboxylic acids is 1. The van der Waals surface area contributed by atoms with Gasteiger partial charge in [0.1, 0.15) is 5.69 Å². The topological polar surface area (TPSA) is 83.8 Å². The van der Waals surface area contributed by atoms with Crippen LogP contribution in [0.4, 0.5) is 5.69 Å². The first-order chi connectivity index (χ1) is 6.50. The molecule has 0 aliphatic carbocycles. The molecule has 1 aromatic rings. The fourth-order valence-electron chi connectivity index (χ4n) is 0.796. The smallest absolute Gasteiger partial charge is 0.335 e. The Morgan fingerprint density at radius 1 is 1.43 bits per heavy atom. The van der Waals surface area contributed by atoms with Crippen molar-refractivity contribution in [1.29, 1.82) is 0 Å². The summed E-state index contributed by atoms with van der Waals surface area (Å²) in [7, 11) is -2.65. The first-order valence-electron chi connectivity index (χ1n) is 3.34. The minimum atomic E-state index is -2.65. The van der Waals surface area contributed by atoms with Crippen molar-refractivity contribution in [2.45, 2.75) is 0 Å². The SMILES string of the molecule is O=C(O)c1ccc(Cl)c(N=S(=O)=O)c1. The second-order valence-corrected chi connectivity index (χ2v) is 3.30. The maximum absolute atomic E-state index is 10.5. The van der Waals surface area contributed by atoms with Gasteiger partial charge in [0.25, 0.3) is 0 Å². The summed E-state index contributed by atoms with van der Waals surface area (Å²) in [5, 5.41) is 8.68. The molecule has 0 aliphatic heterocycles. The van der Waals surface area contributed by atoms with Crippen molar-refractivity contribution in [3.63, 3.8) is 0 Å². The minimum Gasteiger partial charge on any atom is -0.478 e. The Bertz CT molecular complexity index is 500. The summed E-state index contributed by atoms with van der Waals surface area (Å²) in [6.45, 7) is 0. The van der Waals surface area contributed by atoms with Gasteiger partial charge in [-0.25, -0.2) is 4.79 Å². The number of benzene rings is 1. The van der Waals surface area contributed by atoms with E-state index in [4.69, 9.17) is 16.7 Å². The second kappa shape index (κ2) is 4.21. The van der Waals surface area contributed by atoms with Gasteiger partial charge < -0.3 is 5.11 Å². The Labute approximate surface area is 85.6 Å². The molecule has 0 saturated heterocycles. The van der Waals surface area contributed by atoms with E-state index in [1.165, 1.54) is 12.1 Å². The molecule has 1 rings (SSSR count). The highest BCUT2D eigenvalue weighted by Crippen LogP contribution is 2.25. The fourth-order valence-corrected chi connectivity index (χ4v) is 1.32. The van der Waals surface area contributed by atoms with Crippen LogP contribution in [0.1, 0.15) is 10.4 Å². The number of hydrogen-bond donors (Lipinski definition) is 1. The summed E-state index contributed by atoms with van der Waals surface area (Å²) >= 11 is 5.58. The number of carboxylic acids is 1. The van der Waals surface area contributed by atoms with Crippen molar-refractivity contribution in [2.24, 2.45) is 4.36 Å². The third-order valence-corrected chi connectivity index (χ3v) is 2.03. The van der Waals surface area contributed by atoms with Gasteiger partial charge in [0.2, 0.25) is 0 Å². The van der Waals surface area contributed by atoms with Crippen LogP contribution in [-0.2, 0) is 10.5 Å². The van der Waals surface area contributed by atoms with Crippen LogP contribution in [0.15, 0.2) is 22.6 Å². The molecule has 5 nitrogen and oxygen atoms in total. The van der Waals surface area contributed by atoms with Crippen LogP contribution in [0, 0.1) is 0 Å². The molecule has 0 aliphatic rings. The highest BCUT2D eigenvalue weighted by Gasteiger charge is 2.06. The zero-order valence-electron chi connectivity index (χ0n) is 6.64. The zero-order valence-corrected chi connectivity index (χ0v) is 8.21. The Kier molecular flexibility index (Phi) is 3.21. The van der Waals surface area contributed by atoms with Crippen molar-refractivity contribution in [3.05, 3.63) is 28.8 Å². The van der Waals surface area contributed by atoms with Crippen LogP contribution in [0.2, 0.25) is 5.02 Å². The van der Waals surface area contributed by atoms with Crippen LogP contribution in [0.3, 0.4) is 0 Å². The van der Waals surface area contributed by atoms with E-state index in [2.05, 4.69) is 4.36 Å². The predicted octanol–water partition coefficient (Wildman–Crippen LogP) is 1.73. The average molecular weight is 234 g/mol. The van der Waals surface area contributed by atoms with Gasteiger partial charge in [-0.3, -0.25) is 0 Å². The van der Waals surface area contributed by atoms with Gasteiger partial charge in [-0.15, -0.1) is 4.36 Å². The van der Waals surface area contributed by atoms with Crippen molar-refractivity contribution in [2.75, 3.05) is 0 Å². The standard InChI is InChI=1S/C7H4ClNO4S/c8-5-2-1-4(7(10)11)3-6(5)9-14(12)13/h1-3H,(H,10,11). The Morgan fingerprint density at radius 2 is 2.07 bits per heavy atom. The summed E-state index contributed by atoms with van der Waals surface area (Å²) in [6.07, 6.45) is 0. The van der Waals surface area contributed by atoms with Gasteiger partial charge >= 0.3 is 16.5 Å². The number of carbonyl (C=O) groups is 1. The summed E-state index contributed by atoms with van der Waals surface area (Å²) < 4.78 is 23.6. The van der Waals surface area contributed by atoms with E-state index in [1.54, 1.807) is 0 Å². The molecule has 0 radical (unpaired) electrons. The number of carboxylic acid groups (broad SMARTS) is 1. The number of hydrogen-bond acceptors (Lipinski definition) is 4. The van der Waals surface area contributed by atoms with Gasteiger partial charge in [-0.1, -0.05) is 11.6 Å². The molecule has 74 valence electrons. The van der Waals surface area contributed by atoms with Crippen molar-refractivity contribution in [3.8, 4) is 0 Å². The average Bonchev–Trinajstić information content (AvgIpc) is 2.07. The molecule has 7 heteroatoms. The largest absolute Gasteiger partial charge is 0.478 e. The van der Waals surface area contributed by atoms with E-state index in [9.17, 15) is 13.2 Å². The maximum atomic E-state index is 10.5. The maximum Gasteiger partial charge on any atom is 0.335 e. The molecular weight excluding hydrogens is 230 g/mol. The molecule has 0 unspecified atom stereocenters.